The summed E-state index contributed by atoms with van der Waals surface area (Å²) in [6.07, 6.45) is 3.17. The Kier molecular flexibility index (Phi) is 8.07. The Morgan fingerprint density at radius 2 is 2.05 bits per heavy atom. The molecular formula is C31H34FN7O2S. The van der Waals surface area contributed by atoms with Crippen LogP contribution in [0.15, 0.2) is 48.0 Å². The number of nitrogens with one attached hydrogen (secondary N) is 3. The quantitative estimate of drug-likeness (QED) is 0.155. The SMILES string of the molecule is C=CC(=O)N1CCN2C(=N)c3c(Nc4c(C)ccnc4C(C)O)cc(-c4c(C)ccc(N)c4C=N)c(F)c3SCC2C1. The van der Waals surface area contributed by atoms with Crippen molar-refractivity contribution in [1.29, 1.82) is 10.8 Å². The first-order chi connectivity index (χ1) is 20.1. The lowest BCUT2D eigenvalue weighted by atomic mass is 9.91. The van der Waals surface area contributed by atoms with Gasteiger partial charge in [-0.2, -0.15) is 0 Å². The molecule has 3 heterocycles. The maximum absolute atomic E-state index is 16.8. The Morgan fingerprint density at radius 3 is 2.74 bits per heavy atom. The van der Waals surface area contributed by atoms with Gasteiger partial charge in [0.15, 0.2) is 0 Å². The topological polar surface area (TPSA) is 142 Å². The van der Waals surface area contributed by atoms with Crippen LogP contribution in [0.25, 0.3) is 11.1 Å². The molecule has 2 aromatic carbocycles. The molecule has 2 aliphatic heterocycles. The Labute approximate surface area is 248 Å². The average Bonchev–Trinajstić information content (AvgIpc) is 3.12. The van der Waals surface area contributed by atoms with Crippen LogP contribution >= 0.6 is 11.8 Å². The van der Waals surface area contributed by atoms with Gasteiger partial charge in [-0.1, -0.05) is 12.6 Å². The molecule has 1 amide bonds. The van der Waals surface area contributed by atoms with Crippen LogP contribution in [0.4, 0.5) is 21.5 Å². The highest BCUT2D eigenvalue weighted by Crippen LogP contribution is 2.45. The molecule has 2 atom stereocenters. The number of pyridine rings is 1. The Balaban J connectivity index is 1.74. The fourth-order valence-corrected chi connectivity index (χ4v) is 6.91. The molecule has 11 heteroatoms. The number of benzene rings is 2. The third-order valence-corrected chi connectivity index (χ3v) is 9.10. The van der Waals surface area contributed by atoms with Gasteiger partial charge >= 0.3 is 0 Å². The molecule has 0 bridgehead atoms. The number of nitrogens with zero attached hydrogens (tertiary/aromatic N) is 3. The summed E-state index contributed by atoms with van der Waals surface area (Å²) in [6, 6.07) is 6.77. The number of carbonyl (C=O) groups is 1. The number of aromatic nitrogens is 1. The predicted molar refractivity (Wildman–Crippen MR) is 167 cm³/mol. The highest BCUT2D eigenvalue weighted by molar-refractivity contribution is 7.99. The largest absolute Gasteiger partial charge is 0.398 e. The zero-order valence-corrected chi connectivity index (χ0v) is 24.6. The summed E-state index contributed by atoms with van der Waals surface area (Å²) < 4.78 is 16.8. The van der Waals surface area contributed by atoms with Gasteiger partial charge in [0.25, 0.3) is 0 Å². The minimum absolute atomic E-state index is 0.148. The first kappa shape index (κ1) is 29.3. The van der Waals surface area contributed by atoms with Crippen molar-refractivity contribution in [1.82, 2.24) is 14.8 Å². The summed E-state index contributed by atoms with van der Waals surface area (Å²) in [5.41, 5.74) is 11.2. The number of rotatable bonds is 6. The smallest absolute Gasteiger partial charge is 0.246 e. The van der Waals surface area contributed by atoms with Crippen molar-refractivity contribution in [2.24, 2.45) is 0 Å². The standard InChI is InChI=1S/C31H34FN7O2S/c1-5-24(41)38-10-11-39-19(14-38)15-42-30-26(31(39)35)23(37-28-17(3)8-9-36-29(28)18(4)40)12-20(27(30)32)25-16(2)6-7-22(34)21(25)13-33/h5-9,12-13,18-19,33,35,37,40H,1,10-11,14-15,34H2,2-4H3. The number of halogens is 1. The zero-order chi connectivity index (χ0) is 30.3. The van der Waals surface area contributed by atoms with E-state index in [4.69, 9.17) is 11.1 Å². The number of fused-ring (bicyclic) bond motifs is 2. The predicted octanol–water partition coefficient (Wildman–Crippen LogP) is 5.01. The fourth-order valence-electron chi connectivity index (χ4n) is 5.68. The molecule has 0 spiro atoms. The second-order valence-electron chi connectivity index (χ2n) is 10.6. The first-order valence-corrected chi connectivity index (χ1v) is 14.6. The maximum Gasteiger partial charge on any atom is 0.246 e. The molecule has 9 nitrogen and oxygen atoms in total. The number of aliphatic hydroxyl groups excluding tert-OH is 1. The summed E-state index contributed by atoms with van der Waals surface area (Å²) in [4.78, 5) is 20.7. The third kappa shape index (κ3) is 5.03. The molecule has 1 saturated heterocycles. The second kappa shape index (κ2) is 11.6. The maximum atomic E-state index is 16.8. The lowest BCUT2D eigenvalue weighted by Crippen LogP contribution is -2.56. The zero-order valence-electron chi connectivity index (χ0n) is 23.8. The Hall–Kier alpha value is -4.22. The lowest BCUT2D eigenvalue weighted by Gasteiger charge is -2.41. The van der Waals surface area contributed by atoms with E-state index in [2.05, 4.69) is 16.9 Å². The molecule has 0 aliphatic carbocycles. The van der Waals surface area contributed by atoms with E-state index in [0.29, 0.717) is 69.7 Å². The highest BCUT2D eigenvalue weighted by atomic mass is 32.2. The molecular weight excluding hydrogens is 553 g/mol. The van der Waals surface area contributed by atoms with Crippen LogP contribution in [0.2, 0.25) is 0 Å². The Morgan fingerprint density at radius 1 is 1.29 bits per heavy atom. The molecule has 5 rings (SSSR count). The van der Waals surface area contributed by atoms with Gasteiger partial charge < -0.3 is 31.4 Å². The number of aryl methyl sites for hydroxylation is 2. The molecule has 42 heavy (non-hydrogen) atoms. The number of thioether (sulfide) groups is 1. The number of aliphatic hydroxyl groups is 1. The van der Waals surface area contributed by atoms with Gasteiger partial charge in [0.1, 0.15) is 11.7 Å². The van der Waals surface area contributed by atoms with Gasteiger partial charge in [-0.05, 0) is 61.7 Å². The lowest BCUT2D eigenvalue weighted by molar-refractivity contribution is -0.128. The molecule has 6 N–H and O–H groups in total. The van der Waals surface area contributed by atoms with Crippen molar-refractivity contribution in [3.63, 3.8) is 0 Å². The van der Waals surface area contributed by atoms with Gasteiger partial charge in [0.2, 0.25) is 5.91 Å². The van der Waals surface area contributed by atoms with E-state index in [-0.39, 0.29) is 23.3 Å². The van der Waals surface area contributed by atoms with Crippen LogP contribution in [0.1, 0.15) is 41.0 Å². The van der Waals surface area contributed by atoms with Crippen LogP contribution < -0.4 is 11.1 Å². The number of anilines is 3. The number of nitrogen functional groups attached to an aromatic ring is 1. The summed E-state index contributed by atoms with van der Waals surface area (Å²) in [5.74, 6) is -0.0679. The summed E-state index contributed by atoms with van der Waals surface area (Å²) >= 11 is 1.30. The molecule has 1 aromatic heterocycles. The van der Waals surface area contributed by atoms with Crippen LogP contribution in [-0.2, 0) is 4.79 Å². The highest BCUT2D eigenvalue weighted by Gasteiger charge is 2.37. The number of piperazine rings is 1. The normalized spacial score (nSPS) is 17.2. The number of hydrogen-bond donors (Lipinski definition) is 5. The molecule has 2 unspecified atom stereocenters. The summed E-state index contributed by atoms with van der Waals surface area (Å²) in [7, 11) is 0. The monoisotopic (exact) mass is 587 g/mol. The van der Waals surface area contributed by atoms with E-state index in [0.717, 1.165) is 17.3 Å². The van der Waals surface area contributed by atoms with Gasteiger partial charge in [-0.3, -0.25) is 15.2 Å². The van der Waals surface area contributed by atoms with E-state index in [1.54, 1.807) is 36.2 Å². The first-order valence-electron chi connectivity index (χ1n) is 13.6. The number of nitrogens with two attached hydrogens (primary N) is 1. The Bertz CT molecular complexity index is 1620. The number of hydrogen-bond acceptors (Lipinski definition) is 8. The molecule has 3 aromatic rings. The van der Waals surface area contributed by atoms with Crippen molar-refractivity contribution in [2.75, 3.05) is 36.4 Å². The minimum Gasteiger partial charge on any atom is -0.398 e. The van der Waals surface area contributed by atoms with Gasteiger partial charge in [0.05, 0.1) is 39.7 Å². The van der Waals surface area contributed by atoms with E-state index < -0.39 is 11.9 Å². The van der Waals surface area contributed by atoms with Gasteiger partial charge in [-0.15, -0.1) is 11.8 Å². The van der Waals surface area contributed by atoms with E-state index >= 15 is 4.39 Å². The third-order valence-electron chi connectivity index (χ3n) is 7.88. The van der Waals surface area contributed by atoms with E-state index in [1.807, 2.05) is 24.8 Å². The van der Waals surface area contributed by atoms with E-state index in [9.17, 15) is 15.3 Å². The molecule has 1 fully saturated rings. The minimum atomic E-state index is -0.875. The van der Waals surface area contributed by atoms with Gasteiger partial charge in [0, 0.05) is 54.6 Å². The van der Waals surface area contributed by atoms with Crippen molar-refractivity contribution < 1.29 is 14.3 Å². The van der Waals surface area contributed by atoms with Crippen molar-refractivity contribution in [3.8, 4) is 11.1 Å². The number of carbonyl (C=O) groups excluding carboxylic acids is 1. The molecule has 0 radical (unpaired) electrons. The molecule has 218 valence electrons. The van der Waals surface area contributed by atoms with Crippen LogP contribution in [0.3, 0.4) is 0 Å². The second-order valence-corrected chi connectivity index (χ2v) is 11.6. The van der Waals surface area contributed by atoms with Crippen LogP contribution in [-0.4, -0.2) is 69.3 Å². The van der Waals surface area contributed by atoms with Gasteiger partial charge in [-0.25, -0.2) is 4.39 Å². The average molecular weight is 588 g/mol. The summed E-state index contributed by atoms with van der Waals surface area (Å²) in [5, 5.41) is 31.3. The molecule has 2 aliphatic rings. The van der Waals surface area contributed by atoms with Crippen molar-refractivity contribution >= 4 is 46.8 Å². The number of amidine groups is 1. The van der Waals surface area contributed by atoms with Crippen LogP contribution in [0.5, 0.6) is 0 Å². The van der Waals surface area contributed by atoms with E-state index in [1.165, 1.54) is 17.8 Å². The fraction of sp³-hybridized carbons (Fsp3) is 0.290. The van der Waals surface area contributed by atoms with Crippen molar-refractivity contribution in [2.45, 2.75) is 37.8 Å². The summed E-state index contributed by atoms with van der Waals surface area (Å²) in [6.45, 7) is 10.2. The molecule has 0 saturated carbocycles. The number of amides is 1. The van der Waals surface area contributed by atoms with Crippen molar-refractivity contribution in [3.05, 3.63) is 76.9 Å². The van der Waals surface area contributed by atoms with Crippen LogP contribution in [0, 0.1) is 30.5 Å².